The summed E-state index contributed by atoms with van der Waals surface area (Å²) in [5.41, 5.74) is 1.80. The van der Waals surface area contributed by atoms with Gasteiger partial charge in [0.1, 0.15) is 5.56 Å². The van der Waals surface area contributed by atoms with Crippen molar-refractivity contribution in [1.29, 1.82) is 0 Å². The van der Waals surface area contributed by atoms with E-state index < -0.39 is 0 Å². The van der Waals surface area contributed by atoms with Crippen LogP contribution in [0.5, 0.6) is 0 Å². The van der Waals surface area contributed by atoms with E-state index in [0.717, 1.165) is 5.56 Å². The van der Waals surface area contributed by atoms with Crippen molar-refractivity contribution >= 4 is 5.97 Å². The fraction of sp³-hybridized carbons (Fsp3) is 0.353. The zero-order chi connectivity index (χ0) is 15.5. The highest BCUT2D eigenvalue weighted by molar-refractivity contribution is 5.90. The maximum absolute atomic E-state index is 12.1. The molecule has 4 nitrogen and oxygen atoms in total. The van der Waals surface area contributed by atoms with Gasteiger partial charge in [0.2, 0.25) is 0 Å². The molecule has 110 valence electrons. The van der Waals surface area contributed by atoms with Crippen molar-refractivity contribution in [3.05, 3.63) is 47.8 Å². The Morgan fingerprint density at radius 1 is 1.19 bits per heavy atom. The fourth-order valence-electron chi connectivity index (χ4n) is 2.04. The third kappa shape index (κ3) is 3.45. The van der Waals surface area contributed by atoms with Crippen LogP contribution in [0.15, 0.2) is 36.5 Å². The summed E-state index contributed by atoms with van der Waals surface area (Å²) in [5.74, 6) is 0.246. The normalized spacial score (nSPS) is 11.2. The van der Waals surface area contributed by atoms with Crippen molar-refractivity contribution in [2.24, 2.45) is 0 Å². The summed E-state index contributed by atoms with van der Waals surface area (Å²) >= 11 is 0. The molecule has 1 heterocycles. The van der Waals surface area contributed by atoms with E-state index in [2.05, 4.69) is 9.97 Å². The van der Waals surface area contributed by atoms with E-state index in [1.807, 2.05) is 51.1 Å². The highest BCUT2D eigenvalue weighted by Crippen LogP contribution is 2.26. The number of nitrogens with zero attached hydrogens (tertiary/aromatic N) is 2. The molecular formula is C17H20N2O2. The number of carbonyl (C=O) groups is 1. The molecule has 0 aliphatic heterocycles. The molecule has 0 unspecified atom stereocenters. The van der Waals surface area contributed by atoms with Gasteiger partial charge in [-0.1, -0.05) is 51.1 Å². The van der Waals surface area contributed by atoms with Crippen LogP contribution in [0.4, 0.5) is 0 Å². The zero-order valence-corrected chi connectivity index (χ0v) is 12.9. The summed E-state index contributed by atoms with van der Waals surface area (Å²) in [6.45, 7) is 8.18. The molecule has 1 aromatic heterocycles. The quantitative estimate of drug-likeness (QED) is 0.808. The van der Waals surface area contributed by atoms with E-state index in [1.54, 1.807) is 13.1 Å². The smallest absolute Gasteiger partial charge is 0.341 e. The lowest BCUT2D eigenvalue weighted by atomic mass is 9.88. The highest BCUT2D eigenvalue weighted by Gasteiger charge is 2.25. The standard InChI is InChI=1S/C17H20N2O2/c1-5-21-16(20)13-11-18-15(12-9-7-6-8-10-12)19-14(13)17(2,3)4/h6-11H,5H2,1-4H3. The Morgan fingerprint density at radius 3 is 2.43 bits per heavy atom. The molecule has 0 fully saturated rings. The molecule has 0 N–H and O–H groups in total. The van der Waals surface area contributed by atoms with Crippen LogP contribution in [0.1, 0.15) is 43.7 Å². The van der Waals surface area contributed by atoms with Gasteiger partial charge in [-0.15, -0.1) is 0 Å². The molecule has 0 bridgehead atoms. The van der Waals surface area contributed by atoms with E-state index in [-0.39, 0.29) is 11.4 Å². The fourth-order valence-corrected chi connectivity index (χ4v) is 2.04. The maximum atomic E-state index is 12.1. The molecule has 0 saturated carbocycles. The van der Waals surface area contributed by atoms with Gasteiger partial charge in [0.15, 0.2) is 5.82 Å². The van der Waals surface area contributed by atoms with Crippen molar-refractivity contribution in [2.75, 3.05) is 6.61 Å². The Hall–Kier alpha value is -2.23. The second-order valence-corrected chi connectivity index (χ2v) is 5.79. The van der Waals surface area contributed by atoms with Crippen LogP contribution < -0.4 is 0 Å². The lowest BCUT2D eigenvalue weighted by Crippen LogP contribution is -2.21. The van der Waals surface area contributed by atoms with Gasteiger partial charge in [0.05, 0.1) is 12.3 Å². The van der Waals surface area contributed by atoms with E-state index in [9.17, 15) is 4.79 Å². The molecule has 0 aliphatic rings. The zero-order valence-electron chi connectivity index (χ0n) is 12.9. The van der Waals surface area contributed by atoms with Crippen LogP contribution in [0, 0.1) is 0 Å². The molecule has 0 aliphatic carbocycles. The molecule has 0 saturated heterocycles. The Kier molecular flexibility index (Phi) is 4.36. The number of hydrogen-bond acceptors (Lipinski definition) is 4. The van der Waals surface area contributed by atoms with Gasteiger partial charge in [-0.3, -0.25) is 0 Å². The van der Waals surface area contributed by atoms with Crippen molar-refractivity contribution in [3.63, 3.8) is 0 Å². The first-order chi connectivity index (χ1) is 9.93. The highest BCUT2D eigenvalue weighted by atomic mass is 16.5. The first-order valence-corrected chi connectivity index (χ1v) is 7.03. The van der Waals surface area contributed by atoms with Crippen LogP contribution in [0.2, 0.25) is 0 Å². The summed E-state index contributed by atoms with van der Waals surface area (Å²) in [4.78, 5) is 21.0. The summed E-state index contributed by atoms with van der Waals surface area (Å²) < 4.78 is 5.09. The third-order valence-corrected chi connectivity index (χ3v) is 3.03. The summed E-state index contributed by atoms with van der Waals surface area (Å²) in [6, 6.07) is 9.72. The number of esters is 1. The molecule has 2 rings (SSSR count). The van der Waals surface area contributed by atoms with Crippen LogP contribution in [0.3, 0.4) is 0 Å². The average molecular weight is 284 g/mol. The Labute approximate surface area is 125 Å². The van der Waals surface area contributed by atoms with Gasteiger partial charge in [0.25, 0.3) is 0 Å². The predicted octanol–water partition coefficient (Wildman–Crippen LogP) is 3.62. The van der Waals surface area contributed by atoms with Crippen molar-refractivity contribution < 1.29 is 9.53 Å². The Bertz CT molecular complexity index is 631. The van der Waals surface area contributed by atoms with Crippen LogP contribution in [-0.4, -0.2) is 22.5 Å². The number of benzene rings is 1. The minimum atomic E-state index is -0.373. The van der Waals surface area contributed by atoms with Gasteiger partial charge in [-0.05, 0) is 6.92 Å². The lowest BCUT2D eigenvalue weighted by molar-refractivity contribution is 0.0522. The molecule has 0 atom stereocenters. The molecule has 0 amide bonds. The number of hydrogen-bond donors (Lipinski definition) is 0. The first kappa shape index (κ1) is 15.2. The van der Waals surface area contributed by atoms with Gasteiger partial charge in [0, 0.05) is 17.2 Å². The minimum absolute atomic E-state index is 0.269. The number of rotatable bonds is 3. The molecule has 0 radical (unpaired) electrons. The Balaban J connectivity index is 2.53. The number of aromatic nitrogens is 2. The van der Waals surface area contributed by atoms with E-state index in [0.29, 0.717) is 23.7 Å². The van der Waals surface area contributed by atoms with E-state index in [1.165, 1.54) is 0 Å². The number of carbonyl (C=O) groups excluding carboxylic acids is 1. The molecular weight excluding hydrogens is 264 g/mol. The molecule has 1 aromatic carbocycles. The van der Waals surface area contributed by atoms with Gasteiger partial charge in [-0.2, -0.15) is 0 Å². The van der Waals surface area contributed by atoms with Crippen LogP contribution in [-0.2, 0) is 10.2 Å². The first-order valence-electron chi connectivity index (χ1n) is 7.03. The summed E-state index contributed by atoms with van der Waals surface area (Å²) in [5, 5.41) is 0. The van der Waals surface area contributed by atoms with Gasteiger partial charge < -0.3 is 4.74 Å². The third-order valence-electron chi connectivity index (χ3n) is 3.03. The second-order valence-electron chi connectivity index (χ2n) is 5.79. The molecule has 4 heteroatoms. The van der Waals surface area contributed by atoms with Crippen LogP contribution in [0.25, 0.3) is 11.4 Å². The maximum Gasteiger partial charge on any atom is 0.341 e. The summed E-state index contributed by atoms with van der Waals surface area (Å²) in [7, 11) is 0. The molecule has 21 heavy (non-hydrogen) atoms. The minimum Gasteiger partial charge on any atom is -0.462 e. The molecule has 2 aromatic rings. The lowest BCUT2D eigenvalue weighted by Gasteiger charge is -2.21. The van der Waals surface area contributed by atoms with Crippen molar-refractivity contribution in [3.8, 4) is 11.4 Å². The average Bonchev–Trinajstić information content (AvgIpc) is 2.47. The van der Waals surface area contributed by atoms with Crippen molar-refractivity contribution in [1.82, 2.24) is 9.97 Å². The largest absolute Gasteiger partial charge is 0.462 e. The van der Waals surface area contributed by atoms with E-state index in [4.69, 9.17) is 4.74 Å². The Morgan fingerprint density at radius 2 is 1.86 bits per heavy atom. The van der Waals surface area contributed by atoms with Gasteiger partial charge >= 0.3 is 5.97 Å². The van der Waals surface area contributed by atoms with Gasteiger partial charge in [-0.25, -0.2) is 14.8 Å². The monoisotopic (exact) mass is 284 g/mol. The van der Waals surface area contributed by atoms with Crippen molar-refractivity contribution in [2.45, 2.75) is 33.1 Å². The van der Waals surface area contributed by atoms with Crippen LogP contribution >= 0.6 is 0 Å². The summed E-state index contributed by atoms with van der Waals surface area (Å²) in [6.07, 6.45) is 1.56. The second kappa shape index (κ2) is 6.04. The SMILES string of the molecule is CCOC(=O)c1cnc(-c2ccccc2)nc1C(C)(C)C. The molecule has 0 spiro atoms. The van der Waals surface area contributed by atoms with E-state index >= 15 is 0 Å². The predicted molar refractivity (Wildman–Crippen MR) is 82.1 cm³/mol. The topological polar surface area (TPSA) is 52.1 Å². The number of ether oxygens (including phenoxy) is 1.